The Morgan fingerprint density at radius 3 is 2.79 bits per heavy atom. The molecule has 1 aliphatic carbocycles. The lowest BCUT2D eigenvalue weighted by molar-refractivity contribution is 0.0682. The number of fused-ring (bicyclic) bond motifs is 1. The van der Waals surface area contributed by atoms with E-state index >= 15 is 0 Å². The number of nitrogens with two attached hydrogens (primary N) is 1. The van der Waals surface area contributed by atoms with Crippen LogP contribution in [0.25, 0.3) is 28.0 Å². The number of anilines is 1. The third-order valence-electron chi connectivity index (χ3n) is 5.73. The molecule has 5 rings (SSSR count). The molecule has 1 aliphatic rings. The third kappa shape index (κ3) is 2.68. The predicted octanol–water partition coefficient (Wildman–Crippen LogP) is 2.61. The minimum absolute atomic E-state index is 0.214. The Labute approximate surface area is 167 Å². The summed E-state index contributed by atoms with van der Waals surface area (Å²) < 4.78 is 5.41. The van der Waals surface area contributed by atoms with Gasteiger partial charge >= 0.3 is 0 Å². The first kappa shape index (κ1) is 17.4. The molecular formula is C20H21N9. The van der Waals surface area contributed by atoms with Crippen LogP contribution in [0.5, 0.6) is 0 Å². The smallest absolute Gasteiger partial charge is 0.154 e. The van der Waals surface area contributed by atoms with Gasteiger partial charge in [0, 0.05) is 25.0 Å². The molecule has 4 heterocycles. The van der Waals surface area contributed by atoms with Crippen molar-refractivity contribution in [2.45, 2.75) is 31.7 Å². The molecule has 9 heteroatoms. The van der Waals surface area contributed by atoms with Crippen molar-refractivity contribution in [1.82, 2.24) is 34.2 Å². The zero-order valence-corrected chi connectivity index (χ0v) is 16.3. The van der Waals surface area contributed by atoms with Gasteiger partial charge in [0.25, 0.3) is 0 Å². The van der Waals surface area contributed by atoms with E-state index in [9.17, 15) is 5.26 Å². The topological polar surface area (TPSA) is 116 Å². The van der Waals surface area contributed by atoms with Crippen molar-refractivity contribution in [3.05, 3.63) is 37.1 Å². The summed E-state index contributed by atoms with van der Waals surface area (Å²) in [5.41, 5.74) is 9.84. The Hall–Kier alpha value is -3.67. The summed E-state index contributed by atoms with van der Waals surface area (Å²) in [6.07, 6.45) is 11.6. The summed E-state index contributed by atoms with van der Waals surface area (Å²) in [5.74, 6) is 1.03. The lowest BCUT2D eigenvalue weighted by Gasteiger charge is -2.45. The monoisotopic (exact) mass is 387 g/mol. The molecule has 1 saturated carbocycles. The number of aromatic nitrogens is 7. The van der Waals surface area contributed by atoms with E-state index in [4.69, 9.17) is 10.7 Å². The van der Waals surface area contributed by atoms with E-state index < -0.39 is 0 Å². The normalized spacial score (nSPS) is 21.2. The molecule has 0 atom stereocenters. The van der Waals surface area contributed by atoms with Crippen LogP contribution in [-0.2, 0) is 12.6 Å². The largest absolute Gasteiger partial charge is 0.382 e. The lowest BCUT2D eigenvalue weighted by atomic mass is 9.67. The van der Waals surface area contributed by atoms with Crippen LogP contribution in [0.15, 0.2) is 37.1 Å². The van der Waals surface area contributed by atoms with E-state index in [1.807, 2.05) is 42.6 Å². The van der Waals surface area contributed by atoms with Crippen molar-refractivity contribution in [1.29, 1.82) is 5.26 Å². The Morgan fingerprint density at radius 2 is 2.10 bits per heavy atom. The maximum Gasteiger partial charge on any atom is 0.154 e. The van der Waals surface area contributed by atoms with Gasteiger partial charge in [-0.1, -0.05) is 6.92 Å². The minimum atomic E-state index is -0.214. The zero-order valence-electron chi connectivity index (χ0n) is 16.3. The molecular weight excluding hydrogens is 366 g/mol. The first-order valence-corrected chi connectivity index (χ1v) is 9.55. The van der Waals surface area contributed by atoms with Crippen LogP contribution in [0.1, 0.15) is 26.2 Å². The highest BCUT2D eigenvalue weighted by Gasteiger charge is 2.44. The van der Waals surface area contributed by atoms with E-state index in [1.165, 1.54) is 0 Å². The average Bonchev–Trinajstić information content (AvgIpc) is 3.38. The van der Waals surface area contributed by atoms with Crippen LogP contribution in [0.2, 0.25) is 0 Å². The van der Waals surface area contributed by atoms with Crippen LogP contribution in [-0.4, -0.2) is 34.2 Å². The zero-order chi connectivity index (χ0) is 20.2. The summed E-state index contributed by atoms with van der Waals surface area (Å²) in [6, 6.07) is 4.25. The molecule has 0 aromatic carbocycles. The summed E-state index contributed by atoms with van der Waals surface area (Å²) >= 11 is 0. The summed E-state index contributed by atoms with van der Waals surface area (Å²) in [4.78, 5) is 4.88. The van der Waals surface area contributed by atoms with E-state index in [0.29, 0.717) is 23.9 Å². The van der Waals surface area contributed by atoms with Gasteiger partial charge in [0.15, 0.2) is 5.82 Å². The van der Waals surface area contributed by atoms with Gasteiger partial charge in [0.1, 0.15) is 0 Å². The van der Waals surface area contributed by atoms with Gasteiger partial charge < -0.3 is 5.73 Å². The number of aryl methyl sites for hydroxylation is 1. The number of nitrogens with zero attached hydrogens (tertiary/aromatic N) is 8. The summed E-state index contributed by atoms with van der Waals surface area (Å²) in [6.45, 7) is 2.21. The highest BCUT2D eigenvalue weighted by atomic mass is 15.3. The lowest BCUT2D eigenvalue weighted by Crippen LogP contribution is -2.45. The Bertz CT molecular complexity index is 1250. The molecule has 2 N–H and O–H groups in total. The molecule has 29 heavy (non-hydrogen) atoms. The first-order valence-electron chi connectivity index (χ1n) is 9.55. The molecule has 0 saturated heterocycles. The number of nitrogen functional groups attached to an aromatic ring is 1. The standard InChI is InChI=1S/C20H21N9/c1-13-7-20(8-13,4-5-21)29-10-14(9-24-29)18-17-3-6-23-28(17)12-16(25-18)15-11-27(2)26-19(15)22/h3,6,9-13H,4,7-8H2,1-2H3,(H2,22,26). The maximum absolute atomic E-state index is 9.31. The van der Waals surface area contributed by atoms with Crippen molar-refractivity contribution in [3.8, 4) is 28.6 Å². The third-order valence-corrected chi connectivity index (χ3v) is 5.73. The van der Waals surface area contributed by atoms with Gasteiger partial charge in [-0.3, -0.25) is 9.36 Å². The van der Waals surface area contributed by atoms with Gasteiger partial charge in [0.05, 0.1) is 59.1 Å². The van der Waals surface area contributed by atoms with Gasteiger partial charge in [-0.2, -0.15) is 20.6 Å². The van der Waals surface area contributed by atoms with Gasteiger partial charge in [-0.15, -0.1) is 0 Å². The molecule has 4 aromatic rings. The highest BCUT2D eigenvalue weighted by molar-refractivity contribution is 5.80. The van der Waals surface area contributed by atoms with Gasteiger partial charge in [0.2, 0.25) is 0 Å². The first-order chi connectivity index (χ1) is 14.0. The molecule has 9 nitrogen and oxygen atoms in total. The molecule has 0 aliphatic heterocycles. The Morgan fingerprint density at radius 1 is 1.28 bits per heavy atom. The van der Waals surface area contributed by atoms with Gasteiger partial charge in [-0.25, -0.2) is 9.50 Å². The maximum atomic E-state index is 9.31. The van der Waals surface area contributed by atoms with Crippen LogP contribution in [0.4, 0.5) is 5.82 Å². The van der Waals surface area contributed by atoms with Crippen molar-refractivity contribution in [2.75, 3.05) is 5.73 Å². The fourth-order valence-corrected chi connectivity index (χ4v) is 4.47. The fraction of sp³-hybridized carbons (Fsp3) is 0.350. The van der Waals surface area contributed by atoms with Crippen molar-refractivity contribution < 1.29 is 0 Å². The highest BCUT2D eigenvalue weighted by Crippen LogP contribution is 2.46. The van der Waals surface area contributed by atoms with E-state index in [0.717, 1.165) is 35.2 Å². The van der Waals surface area contributed by atoms with Crippen LogP contribution in [0, 0.1) is 17.2 Å². The van der Waals surface area contributed by atoms with Crippen molar-refractivity contribution >= 4 is 11.3 Å². The molecule has 0 amide bonds. The number of nitriles is 1. The average molecular weight is 387 g/mol. The number of hydrogen-bond acceptors (Lipinski definition) is 6. The fourth-order valence-electron chi connectivity index (χ4n) is 4.47. The molecule has 0 unspecified atom stereocenters. The number of rotatable bonds is 4. The second-order valence-corrected chi connectivity index (χ2v) is 7.98. The second-order valence-electron chi connectivity index (χ2n) is 7.98. The quantitative estimate of drug-likeness (QED) is 0.575. The van der Waals surface area contributed by atoms with Crippen LogP contribution < -0.4 is 5.73 Å². The molecule has 0 spiro atoms. The summed E-state index contributed by atoms with van der Waals surface area (Å²) in [7, 11) is 1.82. The van der Waals surface area contributed by atoms with Crippen molar-refractivity contribution in [2.24, 2.45) is 13.0 Å². The molecule has 1 fully saturated rings. The van der Waals surface area contributed by atoms with Crippen molar-refractivity contribution in [3.63, 3.8) is 0 Å². The molecule has 0 radical (unpaired) electrons. The Balaban J connectivity index is 1.63. The SMILES string of the molecule is CC1CC(CC#N)(n2cc(-c3nc(-c4cn(C)nc4N)cn4nccc34)cn2)C1. The predicted molar refractivity (Wildman–Crippen MR) is 107 cm³/mol. The van der Waals surface area contributed by atoms with E-state index in [2.05, 4.69) is 28.3 Å². The van der Waals surface area contributed by atoms with Gasteiger partial charge in [-0.05, 0) is 24.8 Å². The Kier molecular flexibility index (Phi) is 3.71. The minimum Gasteiger partial charge on any atom is -0.382 e. The number of hydrogen-bond donors (Lipinski definition) is 1. The molecule has 146 valence electrons. The van der Waals surface area contributed by atoms with E-state index in [-0.39, 0.29) is 5.54 Å². The molecule has 0 bridgehead atoms. The van der Waals surface area contributed by atoms with Crippen LogP contribution >= 0.6 is 0 Å². The summed E-state index contributed by atoms with van der Waals surface area (Å²) in [5, 5.41) is 22.5. The van der Waals surface area contributed by atoms with E-state index in [1.54, 1.807) is 15.4 Å². The second kappa shape index (κ2) is 6.17. The molecule has 4 aromatic heterocycles. The van der Waals surface area contributed by atoms with Crippen LogP contribution in [0.3, 0.4) is 0 Å².